The quantitative estimate of drug-likeness (QED) is 0.808. The lowest BCUT2D eigenvalue weighted by Gasteiger charge is -2.25. The van der Waals surface area contributed by atoms with E-state index in [1.807, 2.05) is 18.3 Å². The first-order chi connectivity index (χ1) is 9.35. The molecule has 1 fully saturated rings. The average molecular weight is 262 g/mol. The number of aromatic nitrogens is 3. The van der Waals surface area contributed by atoms with E-state index in [-0.39, 0.29) is 0 Å². The highest BCUT2D eigenvalue weighted by atomic mass is 16.5. The molecule has 1 aliphatic heterocycles. The molecule has 19 heavy (non-hydrogen) atoms. The van der Waals surface area contributed by atoms with Gasteiger partial charge in [0.25, 0.3) is 0 Å². The fourth-order valence-corrected chi connectivity index (χ4v) is 2.22. The monoisotopic (exact) mass is 262 g/mol. The largest absolute Gasteiger partial charge is 0.495 e. The zero-order chi connectivity index (χ0) is 13.1. The molecule has 0 amide bonds. The molecule has 0 aliphatic carbocycles. The topological polar surface area (TPSA) is 51.9 Å². The van der Waals surface area contributed by atoms with Gasteiger partial charge in [0, 0.05) is 26.1 Å². The van der Waals surface area contributed by atoms with E-state index in [1.54, 1.807) is 11.6 Å². The van der Waals surface area contributed by atoms with Gasteiger partial charge in [0.1, 0.15) is 5.75 Å². The van der Waals surface area contributed by atoms with Gasteiger partial charge in [-0.25, -0.2) is 9.50 Å². The van der Waals surface area contributed by atoms with Crippen LogP contribution in [0.4, 0.5) is 0 Å². The van der Waals surface area contributed by atoms with Crippen molar-refractivity contribution in [1.82, 2.24) is 19.5 Å². The number of methoxy groups -OCH3 is 1. The Hall–Kier alpha value is -1.66. The van der Waals surface area contributed by atoms with E-state index in [0.717, 1.165) is 56.5 Å². The van der Waals surface area contributed by atoms with Gasteiger partial charge in [0.15, 0.2) is 11.5 Å². The van der Waals surface area contributed by atoms with Crippen molar-refractivity contribution in [2.45, 2.75) is 6.42 Å². The molecule has 0 aromatic carbocycles. The van der Waals surface area contributed by atoms with Crippen LogP contribution in [0.25, 0.3) is 5.65 Å². The summed E-state index contributed by atoms with van der Waals surface area (Å²) in [6.07, 6.45) is 2.71. The summed E-state index contributed by atoms with van der Waals surface area (Å²) in [5.41, 5.74) is 0.859. The average Bonchev–Trinajstić information content (AvgIpc) is 2.88. The van der Waals surface area contributed by atoms with E-state index >= 15 is 0 Å². The van der Waals surface area contributed by atoms with E-state index in [2.05, 4.69) is 15.0 Å². The molecule has 1 saturated heterocycles. The molecular weight excluding hydrogens is 244 g/mol. The fraction of sp³-hybridized carbons (Fsp3) is 0.538. The molecule has 0 spiro atoms. The highest BCUT2D eigenvalue weighted by Crippen LogP contribution is 2.11. The Kier molecular flexibility index (Phi) is 3.61. The molecule has 6 heteroatoms. The Morgan fingerprint density at radius 3 is 2.95 bits per heavy atom. The van der Waals surface area contributed by atoms with Crippen LogP contribution in [0.2, 0.25) is 0 Å². The molecule has 6 nitrogen and oxygen atoms in total. The molecule has 2 aromatic rings. The maximum atomic E-state index is 5.33. The van der Waals surface area contributed by atoms with Gasteiger partial charge < -0.3 is 9.47 Å². The molecule has 0 atom stereocenters. The first-order valence-corrected chi connectivity index (χ1v) is 6.54. The van der Waals surface area contributed by atoms with Crippen molar-refractivity contribution in [1.29, 1.82) is 0 Å². The third-order valence-corrected chi connectivity index (χ3v) is 3.34. The number of ether oxygens (including phenoxy) is 2. The number of nitrogens with zero attached hydrogens (tertiary/aromatic N) is 4. The molecule has 3 heterocycles. The predicted molar refractivity (Wildman–Crippen MR) is 70.5 cm³/mol. The summed E-state index contributed by atoms with van der Waals surface area (Å²) in [7, 11) is 1.65. The molecular formula is C13H18N4O2. The van der Waals surface area contributed by atoms with Crippen LogP contribution >= 0.6 is 0 Å². The number of pyridine rings is 1. The maximum absolute atomic E-state index is 5.33. The number of rotatable bonds is 4. The normalized spacial score (nSPS) is 16.9. The van der Waals surface area contributed by atoms with E-state index in [9.17, 15) is 0 Å². The number of hydrogen-bond acceptors (Lipinski definition) is 5. The molecule has 0 unspecified atom stereocenters. The zero-order valence-corrected chi connectivity index (χ0v) is 11.1. The number of morpholine rings is 1. The molecule has 2 aromatic heterocycles. The lowest BCUT2D eigenvalue weighted by molar-refractivity contribution is 0.0382. The van der Waals surface area contributed by atoms with Gasteiger partial charge in [-0.2, -0.15) is 5.10 Å². The highest BCUT2D eigenvalue weighted by Gasteiger charge is 2.11. The molecule has 0 saturated carbocycles. The van der Waals surface area contributed by atoms with Crippen LogP contribution in [0.1, 0.15) is 5.82 Å². The maximum Gasteiger partial charge on any atom is 0.155 e. The summed E-state index contributed by atoms with van der Waals surface area (Å²) in [6, 6.07) is 3.82. The van der Waals surface area contributed by atoms with Crippen LogP contribution in [0.5, 0.6) is 5.75 Å². The molecule has 102 valence electrons. The van der Waals surface area contributed by atoms with Crippen molar-refractivity contribution in [2.24, 2.45) is 0 Å². The van der Waals surface area contributed by atoms with Crippen LogP contribution in [0.3, 0.4) is 0 Å². The van der Waals surface area contributed by atoms with Crippen molar-refractivity contribution in [3.8, 4) is 5.75 Å². The highest BCUT2D eigenvalue weighted by molar-refractivity contribution is 5.40. The number of fused-ring (bicyclic) bond motifs is 1. The van der Waals surface area contributed by atoms with Crippen molar-refractivity contribution < 1.29 is 9.47 Å². The van der Waals surface area contributed by atoms with Crippen LogP contribution in [-0.2, 0) is 11.2 Å². The van der Waals surface area contributed by atoms with Crippen molar-refractivity contribution >= 4 is 5.65 Å². The SMILES string of the molecule is COc1ccc2nc(CCN3CCOCC3)nn2c1. The van der Waals surface area contributed by atoms with Crippen LogP contribution in [-0.4, -0.2) is 59.5 Å². The van der Waals surface area contributed by atoms with Crippen LogP contribution in [0.15, 0.2) is 18.3 Å². The first kappa shape index (κ1) is 12.4. The minimum Gasteiger partial charge on any atom is -0.495 e. The molecule has 0 N–H and O–H groups in total. The zero-order valence-electron chi connectivity index (χ0n) is 11.1. The second-order valence-electron chi connectivity index (χ2n) is 4.60. The summed E-state index contributed by atoms with van der Waals surface area (Å²) >= 11 is 0. The lowest BCUT2D eigenvalue weighted by atomic mass is 10.3. The Bertz CT molecular complexity index is 549. The molecule has 1 aliphatic rings. The van der Waals surface area contributed by atoms with Crippen LogP contribution in [0, 0.1) is 0 Å². The van der Waals surface area contributed by atoms with Gasteiger partial charge in [-0.15, -0.1) is 0 Å². The fourth-order valence-electron chi connectivity index (χ4n) is 2.22. The van der Waals surface area contributed by atoms with Crippen molar-refractivity contribution in [3.63, 3.8) is 0 Å². The molecule has 0 bridgehead atoms. The standard InChI is InChI=1S/C13H18N4O2/c1-18-11-2-3-13-14-12(15-17(13)10-11)4-5-16-6-8-19-9-7-16/h2-3,10H,4-9H2,1H3. The van der Waals surface area contributed by atoms with Crippen molar-refractivity contribution in [2.75, 3.05) is 40.0 Å². The Morgan fingerprint density at radius 1 is 1.32 bits per heavy atom. The third kappa shape index (κ3) is 2.85. The minimum absolute atomic E-state index is 0.789. The summed E-state index contributed by atoms with van der Waals surface area (Å²) in [5, 5.41) is 4.47. The summed E-state index contributed by atoms with van der Waals surface area (Å²) < 4.78 is 12.3. The van der Waals surface area contributed by atoms with Gasteiger partial charge >= 0.3 is 0 Å². The van der Waals surface area contributed by atoms with E-state index < -0.39 is 0 Å². The second kappa shape index (κ2) is 5.54. The summed E-state index contributed by atoms with van der Waals surface area (Å²) in [6.45, 7) is 4.64. The van der Waals surface area contributed by atoms with E-state index in [0.29, 0.717) is 0 Å². The third-order valence-electron chi connectivity index (χ3n) is 3.34. The number of hydrogen-bond donors (Lipinski definition) is 0. The predicted octanol–water partition coefficient (Wildman–Crippen LogP) is 0.613. The second-order valence-corrected chi connectivity index (χ2v) is 4.60. The summed E-state index contributed by atoms with van der Waals surface area (Å²) in [5.74, 6) is 1.66. The Labute approximate surface area is 111 Å². The summed E-state index contributed by atoms with van der Waals surface area (Å²) in [4.78, 5) is 6.90. The van der Waals surface area contributed by atoms with E-state index in [1.165, 1.54) is 0 Å². The molecule has 3 rings (SSSR count). The van der Waals surface area contributed by atoms with Gasteiger partial charge in [-0.1, -0.05) is 0 Å². The Morgan fingerprint density at radius 2 is 2.16 bits per heavy atom. The molecule has 0 radical (unpaired) electrons. The van der Waals surface area contributed by atoms with E-state index in [4.69, 9.17) is 9.47 Å². The Balaban J connectivity index is 1.67. The minimum atomic E-state index is 0.789. The van der Waals surface area contributed by atoms with Gasteiger partial charge in [-0.05, 0) is 12.1 Å². The van der Waals surface area contributed by atoms with Gasteiger partial charge in [0.2, 0.25) is 0 Å². The smallest absolute Gasteiger partial charge is 0.155 e. The van der Waals surface area contributed by atoms with Gasteiger partial charge in [0.05, 0.1) is 26.5 Å². The van der Waals surface area contributed by atoms with Gasteiger partial charge in [-0.3, -0.25) is 4.90 Å². The first-order valence-electron chi connectivity index (χ1n) is 6.54. The van der Waals surface area contributed by atoms with Crippen LogP contribution < -0.4 is 4.74 Å². The van der Waals surface area contributed by atoms with Crippen molar-refractivity contribution in [3.05, 3.63) is 24.2 Å². The lowest BCUT2D eigenvalue weighted by Crippen LogP contribution is -2.37.